The number of carbonyl (C=O) groups is 1. The molecule has 0 aliphatic carbocycles. The van der Waals surface area contributed by atoms with Crippen LogP contribution in [0.3, 0.4) is 0 Å². The molecule has 3 aromatic carbocycles. The van der Waals surface area contributed by atoms with Crippen LogP contribution < -0.4 is 10.1 Å². The van der Waals surface area contributed by atoms with Gasteiger partial charge in [0.1, 0.15) is 18.1 Å². The number of aryl methyl sites for hydroxylation is 1. The van der Waals surface area contributed by atoms with Gasteiger partial charge in [-0.3, -0.25) is 4.79 Å². The van der Waals surface area contributed by atoms with Gasteiger partial charge in [-0.15, -0.1) is 0 Å². The third kappa shape index (κ3) is 3.60. The molecule has 1 amide bonds. The van der Waals surface area contributed by atoms with Gasteiger partial charge in [-0.2, -0.15) is 0 Å². The lowest BCUT2D eigenvalue weighted by atomic mass is 10.1. The number of hydrogen-bond donors (Lipinski definition) is 1. The average molecular weight is 371 g/mol. The van der Waals surface area contributed by atoms with Crippen molar-refractivity contribution in [1.29, 1.82) is 0 Å². The van der Waals surface area contributed by atoms with E-state index in [0.717, 1.165) is 33.9 Å². The highest BCUT2D eigenvalue weighted by molar-refractivity contribution is 5.92. The summed E-state index contributed by atoms with van der Waals surface area (Å²) in [5.74, 6) is 1.42. The summed E-state index contributed by atoms with van der Waals surface area (Å²) in [6, 6.07) is 23.3. The van der Waals surface area contributed by atoms with Gasteiger partial charge in [-0.25, -0.2) is 4.98 Å². The number of carbonyl (C=O) groups excluding carboxylic acids is 1. The highest BCUT2D eigenvalue weighted by atomic mass is 16.5. The Labute approximate surface area is 163 Å². The van der Waals surface area contributed by atoms with Crippen LogP contribution in [-0.4, -0.2) is 22.6 Å². The van der Waals surface area contributed by atoms with E-state index in [2.05, 4.69) is 24.4 Å². The molecule has 5 heteroatoms. The predicted molar refractivity (Wildman–Crippen MR) is 112 cm³/mol. The second kappa shape index (κ2) is 7.56. The second-order valence-corrected chi connectivity index (χ2v) is 6.65. The summed E-state index contributed by atoms with van der Waals surface area (Å²) in [4.78, 5) is 17.5. The van der Waals surface area contributed by atoms with Crippen molar-refractivity contribution in [3.05, 3.63) is 78.4 Å². The van der Waals surface area contributed by atoms with Crippen LogP contribution in [0.25, 0.3) is 22.4 Å². The molecule has 0 fully saturated rings. The zero-order valence-electron chi connectivity index (χ0n) is 15.8. The molecular weight excluding hydrogens is 350 g/mol. The number of ether oxygens (including phenoxy) is 1. The van der Waals surface area contributed by atoms with Gasteiger partial charge in [0.2, 0.25) is 5.91 Å². The van der Waals surface area contributed by atoms with Gasteiger partial charge in [-0.1, -0.05) is 42.0 Å². The van der Waals surface area contributed by atoms with E-state index in [4.69, 9.17) is 9.72 Å². The number of imidazole rings is 1. The summed E-state index contributed by atoms with van der Waals surface area (Å²) >= 11 is 0. The molecule has 28 heavy (non-hydrogen) atoms. The molecular formula is C23H21N3O2. The number of hydrogen-bond acceptors (Lipinski definition) is 3. The normalized spacial score (nSPS) is 10.8. The Hall–Kier alpha value is -3.60. The number of nitrogens with one attached hydrogen (secondary N) is 1. The second-order valence-electron chi connectivity index (χ2n) is 6.65. The first-order valence-electron chi connectivity index (χ1n) is 9.10. The van der Waals surface area contributed by atoms with Gasteiger partial charge < -0.3 is 14.6 Å². The van der Waals surface area contributed by atoms with Crippen LogP contribution in [0, 0.1) is 6.92 Å². The first-order chi connectivity index (χ1) is 13.6. The van der Waals surface area contributed by atoms with Crippen LogP contribution >= 0.6 is 0 Å². The van der Waals surface area contributed by atoms with Crippen LogP contribution in [0.4, 0.5) is 5.69 Å². The van der Waals surface area contributed by atoms with Crippen molar-refractivity contribution in [2.45, 2.75) is 13.5 Å². The van der Waals surface area contributed by atoms with Crippen molar-refractivity contribution in [1.82, 2.24) is 9.55 Å². The smallest absolute Gasteiger partial charge is 0.244 e. The molecule has 140 valence electrons. The van der Waals surface area contributed by atoms with E-state index in [1.165, 1.54) is 5.56 Å². The molecule has 0 saturated heterocycles. The van der Waals surface area contributed by atoms with Gasteiger partial charge in [0.05, 0.1) is 18.1 Å². The minimum atomic E-state index is -0.110. The minimum absolute atomic E-state index is 0.110. The van der Waals surface area contributed by atoms with Crippen LogP contribution in [0.5, 0.6) is 5.75 Å². The van der Waals surface area contributed by atoms with Crippen molar-refractivity contribution in [2.75, 3.05) is 12.4 Å². The molecule has 0 unspecified atom stereocenters. The van der Waals surface area contributed by atoms with Crippen LogP contribution in [0.1, 0.15) is 5.56 Å². The summed E-state index contributed by atoms with van der Waals surface area (Å²) in [7, 11) is 1.62. The van der Waals surface area contributed by atoms with Crippen molar-refractivity contribution in [2.24, 2.45) is 0 Å². The number of rotatable bonds is 5. The Balaban J connectivity index is 1.65. The zero-order valence-corrected chi connectivity index (χ0v) is 15.8. The maximum absolute atomic E-state index is 12.7. The monoisotopic (exact) mass is 371 g/mol. The molecule has 0 radical (unpaired) electrons. The molecule has 0 aliphatic rings. The van der Waals surface area contributed by atoms with Crippen LogP contribution in [0.2, 0.25) is 0 Å². The Bertz CT molecular complexity index is 1110. The van der Waals surface area contributed by atoms with Crippen LogP contribution in [-0.2, 0) is 11.3 Å². The van der Waals surface area contributed by atoms with E-state index < -0.39 is 0 Å². The molecule has 1 N–H and O–H groups in total. The van der Waals surface area contributed by atoms with Crippen molar-refractivity contribution in [3.63, 3.8) is 0 Å². The summed E-state index contributed by atoms with van der Waals surface area (Å²) in [5.41, 5.74) is 4.70. The lowest BCUT2D eigenvalue weighted by Crippen LogP contribution is -2.19. The van der Waals surface area contributed by atoms with E-state index in [-0.39, 0.29) is 12.5 Å². The minimum Gasteiger partial charge on any atom is -0.497 e. The van der Waals surface area contributed by atoms with Crippen LogP contribution in [0.15, 0.2) is 72.8 Å². The summed E-state index contributed by atoms with van der Waals surface area (Å²) in [6.07, 6.45) is 0. The number of anilines is 1. The van der Waals surface area contributed by atoms with Crippen molar-refractivity contribution < 1.29 is 9.53 Å². The quantitative estimate of drug-likeness (QED) is 0.555. The summed E-state index contributed by atoms with van der Waals surface area (Å²) in [5, 5.41) is 2.94. The molecule has 0 spiro atoms. The van der Waals surface area contributed by atoms with E-state index in [1.54, 1.807) is 7.11 Å². The van der Waals surface area contributed by atoms with Gasteiger partial charge >= 0.3 is 0 Å². The van der Waals surface area contributed by atoms with Crippen molar-refractivity contribution >= 4 is 22.6 Å². The third-order valence-corrected chi connectivity index (χ3v) is 4.64. The van der Waals surface area contributed by atoms with E-state index >= 15 is 0 Å². The molecule has 4 rings (SSSR count). The number of aromatic nitrogens is 2. The SMILES string of the molecule is COc1ccc(NC(=O)Cn2c(-c3ccc(C)cc3)nc3ccccc32)cc1. The molecule has 4 aromatic rings. The van der Waals surface area contributed by atoms with Crippen molar-refractivity contribution in [3.8, 4) is 17.1 Å². The fraction of sp³-hybridized carbons (Fsp3) is 0.130. The number of para-hydroxylation sites is 2. The topological polar surface area (TPSA) is 56.1 Å². The summed E-state index contributed by atoms with van der Waals surface area (Å²) in [6.45, 7) is 2.23. The largest absolute Gasteiger partial charge is 0.497 e. The predicted octanol–water partition coefficient (Wildman–Crippen LogP) is 4.66. The standard InChI is InChI=1S/C23H21N3O2/c1-16-7-9-17(10-8-16)23-25-20-5-3-4-6-21(20)26(23)15-22(27)24-18-11-13-19(28-2)14-12-18/h3-14H,15H2,1-2H3,(H,24,27). The Morgan fingerprint density at radius 3 is 2.43 bits per heavy atom. The fourth-order valence-corrected chi connectivity index (χ4v) is 3.18. The summed E-state index contributed by atoms with van der Waals surface area (Å²) < 4.78 is 7.11. The van der Waals surface area contributed by atoms with Gasteiger partial charge in [0.15, 0.2) is 0 Å². The first-order valence-corrected chi connectivity index (χ1v) is 9.10. The number of fused-ring (bicyclic) bond motifs is 1. The number of nitrogens with zero attached hydrogens (tertiary/aromatic N) is 2. The number of amides is 1. The molecule has 5 nitrogen and oxygen atoms in total. The highest BCUT2D eigenvalue weighted by Crippen LogP contribution is 2.25. The number of benzene rings is 3. The molecule has 0 aliphatic heterocycles. The van der Waals surface area contributed by atoms with Gasteiger partial charge in [-0.05, 0) is 43.3 Å². The van der Waals surface area contributed by atoms with E-state index in [0.29, 0.717) is 0 Å². The maximum atomic E-state index is 12.7. The number of methoxy groups -OCH3 is 1. The highest BCUT2D eigenvalue weighted by Gasteiger charge is 2.15. The van der Waals surface area contributed by atoms with E-state index in [9.17, 15) is 4.79 Å². The molecule has 0 atom stereocenters. The molecule has 0 bridgehead atoms. The lowest BCUT2D eigenvalue weighted by molar-refractivity contribution is -0.116. The zero-order chi connectivity index (χ0) is 19.5. The third-order valence-electron chi connectivity index (χ3n) is 4.64. The Morgan fingerprint density at radius 1 is 1.00 bits per heavy atom. The molecule has 1 heterocycles. The lowest BCUT2D eigenvalue weighted by Gasteiger charge is -2.11. The first kappa shape index (κ1) is 17.8. The Morgan fingerprint density at radius 2 is 1.71 bits per heavy atom. The maximum Gasteiger partial charge on any atom is 0.244 e. The van der Waals surface area contributed by atoms with E-state index in [1.807, 2.05) is 65.2 Å². The van der Waals surface area contributed by atoms with Gasteiger partial charge in [0.25, 0.3) is 0 Å². The fourth-order valence-electron chi connectivity index (χ4n) is 3.18. The molecule has 1 aromatic heterocycles. The Kier molecular flexibility index (Phi) is 4.81. The average Bonchev–Trinajstić information content (AvgIpc) is 3.07. The molecule has 0 saturated carbocycles. The van der Waals surface area contributed by atoms with Gasteiger partial charge in [0, 0.05) is 11.3 Å².